The number of urea groups is 1. The van der Waals surface area contributed by atoms with Crippen LogP contribution in [-0.4, -0.2) is 46.2 Å². The number of anilines is 2. The van der Waals surface area contributed by atoms with Crippen molar-refractivity contribution in [2.45, 2.75) is 31.3 Å². The summed E-state index contributed by atoms with van der Waals surface area (Å²) in [5.41, 5.74) is 1.26. The second-order valence-corrected chi connectivity index (χ2v) is 9.23. The lowest BCUT2D eigenvalue weighted by Gasteiger charge is -2.23. The molecule has 4 N–H and O–H groups in total. The zero-order valence-corrected chi connectivity index (χ0v) is 18.8. The maximum absolute atomic E-state index is 12.4. The molecule has 31 heavy (non-hydrogen) atoms. The van der Waals surface area contributed by atoms with Gasteiger partial charge in [-0.15, -0.1) is 0 Å². The van der Waals surface area contributed by atoms with Crippen LogP contribution in [0.25, 0.3) is 0 Å². The standard InChI is InChI=1S/C21H28N4O5S/c1-15-5-11-18(12-6-15)31(28,29)25-17-9-7-16(8-10-17)24-20(27)22-13-19(26)23-14-21(2,3)30-4/h5-12,25H,13-14H2,1-4H3,(H,23,26)(H2,22,24,27). The van der Waals surface area contributed by atoms with Gasteiger partial charge in [0.1, 0.15) is 0 Å². The SMILES string of the molecule is COC(C)(C)CNC(=O)CNC(=O)Nc1ccc(NS(=O)(=O)c2ccc(C)cc2)cc1. The lowest BCUT2D eigenvalue weighted by atomic mass is 10.1. The van der Waals surface area contributed by atoms with E-state index < -0.39 is 21.7 Å². The Morgan fingerprint density at radius 3 is 2.10 bits per heavy atom. The van der Waals surface area contributed by atoms with E-state index in [1.165, 1.54) is 24.3 Å². The van der Waals surface area contributed by atoms with Crippen LogP contribution >= 0.6 is 0 Å². The molecule has 0 saturated heterocycles. The molecule has 0 fully saturated rings. The Kier molecular flexibility index (Phi) is 8.01. The predicted molar refractivity (Wildman–Crippen MR) is 120 cm³/mol. The van der Waals surface area contributed by atoms with Crippen molar-refractivity contribution in [3.05, 3.63) is 54.1 Å². The fraction of sp³-hybridized carbons (Fsp3) is 0.333. The molecule has 0 saturated carbocycles. The van der Waals surface area contributed by atoms with Crippen LogP contribution in [0.5, 0.6) is 0 Å². The first kappa shape index (κ1) is 24.2. The quantitative estimate of drug-likeness (QED) is 0.469. The van der Waals surface area contributed by atoms with Gasteiger partial charge in [-0.05, 0) is 57.2 Å². The summed E-state index contributed by atoms with van der Waals surface area (Å²) in [4.78, 5) is 23.9. The third kappa shape index (κ3) is 7.91. The predicted octanol–water partition coefficient (Wildman–Crippen LogP) is 2.46. The van der Waals surface area contributed by atoms with Crippen LogP contribution in [0, 0.1) is 6.92 Å². The van der Waals surface area contributed by atoms with Crippen molar-refractivity contribution in [3.63, 3.8) is 0 Å². The van der Waals surface area contributed by atoms with Crippen molar-refractivity contribution in [3.8, 4) is 0 Å². The van der Waals surface area contributed by atoms with Crippen LogP contribution in [0.15, 0.2) is 53.4 Å². The normalized spacial score (nSPS) is 11.5. The van der Waals surface area contributed by atoms with Crippen molar-refractivity contribution in [1.82, 2.24) is 10.6 Å². The fourth-order valence-corrected chi connectivity index (χ4v) is 3.39. The smallest absolute Gasteiger partial charge is 0.319 e. The van der Waals surface area contributed by atoms with E-state index in [2.05, 4.69) is 20.7 Å². The van der Waals surface area contributed by atoms with E-state index in [1.54, 1.807) is 31.4 Å². The summed E-state index contributed by atoms with van der Waals surface area (Å²) >= 11 is 0. The van der Waals surface area contributed by atoms with E-state index in [1.807, 2.05) is 20.8 Å². The minimum atomic E-state index is -3.71. The van der Waals surface area contributed by atoms with Crippen molar-refractivity contribution >= 4 is 33.3 Å². The maximum Gasteiger partial charge on any atom is 0.319 e. The lowest BCUT2D eigenvalue weighted by Crippen LogP contribution is -2.44. The molecule has 0 aliphatic heterocycles. The number of benzene rings is 2. The zero-order chi connectivity index (χ0) is 23.1. The first-order valence-corrected chi connectivity index (χ1v) is 11.1. The van der Waals surface area contributed by atoms with E-state index in [0.717, 1.165) is 5.56 Å². The summed E-state index contributed by atoms with van der Waals surface area (Å²) in [6.45, 7) is 5.65. The fourth-order valence-electron chi connectivity index (χ4n) is 2.34. The highest BCUT2D eigenvalue weighted by molar-refractivity contribution is 7.92. The van der Waals surface area contributed by atoms with Crippen molar-refractivity contribution in [2.24, 2.45) is 0 Å². The lowest BCUT2D eigenvalue weighted by molar-refractivity contribution is -0.121. The van der Waals surface area contributed by atoms with Crippen LogP contribution in [0.3, 0.4) is 0 Å². The molecule has 0 bridgehead atoms. The first-order chi connectivity index (χ1) is 14.5. The molecule has 0 heterocycles. The van der Waals surface area contributed by atoms with E-state index in [9.17, 15) is 18.0 Å². The number of hydrogen-bond acceptors (Lipinski definition) is 5. The molecule has 2 aromatic carbocycles. The summed E-state index contributed by atoms with van der Waals surface area (Å²) in [5, 5.41) is 7.69. The molecular formula is C21H28N4O5S. The van der Waals surface area contributed by atoms with Crippen molar-refractivity contribution in [2.75, 3.05) is 30.2 Å². The van der Waals surface area contributed by atoms with Gasteiger partial charge in [0.15, 0.2) is 0 Å². The molecule has 3 amide bonds. The number of methoxy groups -OCH3 is 1. The molecule has 0 radical (unpaired) electrons. The minimum absolute atomic E-state index is 0.159. The monoisotopic (exact) mass is 448 g/mol. The van der Waals surface area contributed by atoms with Gasteiger partial charge in [0.2, 0.25) is 5.91 Å². The zero-order valence-electron chi connectivity index (χ0n) is 18.0. The molecule has 0 spiro atoms. The summed E-state index contributed by atoms with van der Waals surface area (Å²) in [6, 6.07) is 12.1. The summed E-state index contributed by atoms with van der Waals surface area (Å²) in [7, 11) is -2.15. The molecule has 0 aliphatic carbocycles. The Labute approximate surface area is 182 Å². The number of nitrogens with one attached hydrogen (secondary N) is 4. The number of carbonyl (C=O) groups is 2. The van der Waals surface area contributed by atoms with Crippen LogP contribution in [0.4, 0.5) is 16.2 Å². The highest BCUT2D eigenvalue weighted by Crippen LogP contribution is 2.18. The number of aryl methyl sites for hydroxylation is 1. The third-order valence-corrected chi connectivity index (χ3v) is 5.80. The molecular weight excluding hydrogens is 420 g/mol. The van der Waals surface area contributed by atoms with Gasteiger partial charge in [-0.3, -0.25) is 9.52 Å². The summed E-state index contributed by atoms with van der Waals surface area (Å²) in [5.74, 6) is -0.346. The van der Waals surface area contributed by atoms with Crippen molar-refractivity contribution < 1.29 is 22.7 Å². The number of ether oxygens (including phenoxy) is 1. The number of rotatable bonds is 9. The summed E-state index contributed by atoms with van der Waals surface area (Å²) in [6.07, 6.45) is 0. The maximum atomic E-state index is 12.4. The minimum Gasteiger partial charge on any atom is -0.377 e. The molecule has 9 nitrogen and oxygen atoms in total. The Morgan fingerprint density at radius 1 is 0.935 bits per heavy atom. The van der Waals surface area contributed by atoms with E-state index in [4.69, 9.17) is 4.74 Å². The van der Waals surface area contributed by atoms with Crippen LogP contribution in [-0.2, 0) is 19.6 Å². The molecule has 2 aromatic rings. The van der Waals surface area contributed by atoms with Gasteiger partial charge >= 0.3 is 6.03 Å². The first-order valence-electron chi connectivity index (χ1n) is 9.57. The van der Waals surface area contributed by atoms with Crippen LogP contribution in [0.1, 0.15) is 19.4 Å². The van der Waals surface area contributed by atoms with Gasteiger partial charge in [-0.25, -0.2) is 13.2 Å². The Bertz CT molecular complexity index is 1000. The van der Waals surface area contributed by atoms with Crippen LogP contribution in [0.2, 0.25) is 0 Å². The molecule has 0 aliphatic rings. The summed E-state index contributed by atoms with van der Waals surface area (Å²) < 4.78 is 32.5. The van der Waals surface area contributed by atoms with Gasteiger partial charge in [0, 0.05) is 25.0 Å². The third-order valence-electron chi connectivity index (χ3n) is 4.40. The number of carbonyl (C=O) groups excluding carboxylic acids is 2. The molecule has 2 rings (SSSR count). The highest BCUT2D eigenvalue weighted by Gasteiger charge is 2.17. The largest absolute Gasteiger partial charge is 0.377 e. The van der Waals surface area contributed by atoms with Gasteiger partial charge < -0.3 is 20.7 Å². The molecule has 0 unspecified atom stereocenters. The van der Waals surface area contributed by atoms with Crippen LogP contribution < -0.4 is 20.7 Å². The molecule has 0 atom stereocenters. The Morgan fingerprint density at radius 2 is 1.52 bits per heavy atom. The average Bonchev–Trinajstić information content (AvgIpc) is 2.72. The second-order valence-electron chi connectivity index (χ2n) is 7.54. The van der Waals surface area contributed by atoms with Gasteiger partial charge in [0.25, 0.3) is 10.0 Å². The second kappa shape index (κ2) is 10.3. The number of sulfonamides is 1. The molecule has 10 heteroatoms. The van der Waals surface area contributed by atoms with Gasteiger partial charge in [-0.1, -0.05) is 17.7 Å². The van der Waals surface area contributed by atoms with E-state index in [0.29, 0.717) is 17.9 Å². The molecule has 168 valence electrons. The van der Waals surface area contributed by atoms with E-state index >= 15 is 0 Å². The highest BCUT2D eigenvalue weighted by atomic mass is 32.2. The average molecular weight is 449 g/mol. The Hall–Kier alpha value is -3.11. The Balaban J connectivity index is 1.84. The van der Waals surface area contributed by atoms with Crippen molar-refractivity contribution in [1.29, 1.82) is 0 Å². The number of hydrogen-bond donors (Lipinski definition) is 4. The topological polar surface area (TPSA) is 126 Å². The van der Waals surface area contributed by atoms with E-state index in [-0.39, 0.29) is 17.3 Å². The van der Waals surface area contributed by atoms with Gasteiger partial charge in [0.05, 0.1) is 17.0 Å². The van der Waals surface area contributed by atoms with Gasteiger partial charge in [-0.2, -0.15) is 0 Å². The molecule has 0 aromatic heterocycles. The number of amides is 3.